The zero-order valence-corrected chi connectivity index (χ0v) is 16.3. The largest absolute Gasteiger partial charge is 0.349 e. The number of nitrogens with one attached hydrogen (secondary N) is 3. The van der Waals surface area contributed by atoms with Gasteiger partial charge in [-0.2, -0.15) is 9.82 Å². The Morgan fingerprint density at radius 1 is 1.33 bits per heavy atom. The van der Waals surface area contributed by atoms with E-state index < -0.39 is 16.1 Å². The number of carbonyl (C=O) groups is 1. The van der Waals surface area contributed by atoms with Crippen LogP contribution in [0.3, 0.4) is 0 Å². The quantitative estimate of drug-likeness (QED) is 0.674. The summed E-state index contributed by atoms with van der Waals surface area (Å²) in [4.78, 5) is 12.7. The monoisotopic (exact) mass is 411 g/mol. The van der Waals surface area contributed by atoms with Crippen molar-refractivity contribution < 1.29 is 13.2 Å². The molecule has 1 atom stereocenters. The van der Waals surface area contributed by atoms with Gasteiger partial charge in [-0.05, 0) is 37.1 Å². The minimum Gasteiger partial charge on any atom is -0.349 e. The SMILES string of the molecule is Cl.O=C(NCc1cc2n(n1)CCCNC2)C1Cc2ccccc2S(=O)(=O)N1. The van der Waals surface area contributed by atoms with Crippen LogP contribution in [0.1, 0.15) is 23.4 Å². The van der Waals surface area contributed by atoms with Gasteiger partial charge in [-0.15, -0.1) is 12.4 Å². The van der Waals surface area contributed by atoms with Gasteiger partial charge in [0.25, 0.3) is 0 Å². The molecule has 10 heteroatoms. The Kier molecular flexibility index (Phi) is 5.85. The number of nitrogens with zero attached hydrogens (tertiary/aromatic N) is 2. The number of benzene rings is 1. The first-order valence-electron chi connectivity index (χ1n) is 8.67. The fourth-order valence-electron chi connectivity index (χ4n) is 3.40. The van der Waals surface area contributed by atoms with Crippen LogP contribution in [-0.4, -0.2) is 36.7 Å². The zero-order chi connectivity index (χ0) is 18.1. The van der Waals surface area contributed by atoms with E-state index in [1.165, 1.54) is 0 Å². The molecule has 0 fully saturated rings. The number of halogens is 1. The lowest BCUT2D eigenvalue weighted by Gasteiger charge is -2.24. The molecule has 4 rings (SSSR count). The number of aryl methyl sites for hydroxylation is 1. The Bertz CT molecular complexity index is 920. The summed E-state index contributed by atoms with van der Waals surface area (Å²) in [5, 5.41) is 10.6. The molecule has 0 saturated carbocycles. The number of fused-ring (bicyclic) bond motifs is 2. The Balaban J connectivity index is 0.00000210. The first-order chi connectivity index (χ1) is 12.5. The number of aromatic nitrogens is 2. The van der Waals surface area contributed by atoms with Crippen LogP contribution in [0.5, 0.6) is 0 Å². The lowest BCUT2D eigenvalue weighted by Crippen LogP contribution is -2.50. The van der Waals surface area contributed by atoms with Crippen LogP contribution in [0, 0.1) is 0 Å². The minimum atomic E-state index is -3.66. The predicted molar refractivity (Wildman–Crippen MR) is 102 cm³/mol. The average molecular weight is 412 g/mol. The fraction of sp³-hybridized carbons (Fsp3) is 0.412. The van der Waals surface area contributed by atoms with Gasteiger partial charge in [0.15, 0.2) is 0 Å². The van der Waals surface area contributed by atoms with Crippen molar-refractivity contribution in [3.05, 3.63) is 47.3 Å². The van der Waals surface area contributed by atoms with Crippen molar-refractivity contribution in [3.63, 3.8) is 0 Å². The number of sulfonamides is 1. The van der Waals surface area contributed by atoms with Gasteiger partial charge in [0.2, 0.25) is 15.9 Å². The second kappa shape index (κ2) is 7.97. The lowest BCUT2D eigenvalue weighted by molar-refractivity contribution is -0.122. The standard InChI is InChI=1S/C17H21N5O3S.ClH/c23-17(15-8-12-4-1-2-5-16(12)26(24,25)21-15)19-10-13-9-14-11-18-6-3-7-22(14)20-13;/h1-2,4-5,9,15,18,21H,3,6-8,10-11H2,(H,19,23);1H. The summed E-state index contributed by atoms with van der Waals surface area (Å²) >= 11 is 0. The van der Waals surface area contributed by atoms with E-state index in [1.807, 2.05) is 10.7 Å². The molecule has 3 heterocycles. The van der Waals surface area contributed by atoms with Gasteiger partial charge in [-0.1, -0.05) is 18.2 Å². The smallest absolute Gasteiger partial charge is 0.241 e. The number of rotatable bonds is 3. The van der Waals surface area contributed by atoms with E-state index in [-0.39, 0.29) is 29.8 Å². The van der Waals surface area contributed by atoms with Gasteiger partial charge in [-0.25, -0.2) is 8.42 Å². The first kappa shape index (κ1) is 19.8. The lowest BCUT2D eigenvalue weighted by atomic mass is 10.1. The van der Waals surface area contributed by atoms with Gasteiger partial charge in [-0.3, -0.25) is 9.48 Å². The number of hydrogen-bond acceptors (Lipinski definition) is 5. The molecule has 1 amide bonds. The third-order valence-electron chi connectivity index (χ3n) is 4.69. The highest BCUT2D eigenvalue weighted by atomic mass is 35.5. The molecule has 2 aliphatic rings. The summed E-state index contributed by atoms with van der Waals surface area (Å²) in [5.74, 6) is -0.343. The van der Waals surface area contributed by atoms with Crippen LogP contribution in [-0.2, 0) is 40.9 Å². The molecule has 0 bridgehead atoms. The maximum absolute atomic E-state index is 12.5. The van der Waals surface area contributed by atoms with Gasteiger partial charge in [0.05, 0.1) is 22.8 Å². The maximum atomic E-state index is 12.5. The van der Waals surface area contributed by atoms with Crippen molar-refractivity contribution in [2.45, 2.75) is 43.4 Å². The normalized spacial score (nSPS) is 20.5. The highest BCUT2D eigenvalue weighted by Gasteiger charge is 2.33. The second-order valence-corrected chi connectivity index (χ2v) is 8.27. The summed E-state index contributed by atoms with van der Waals surface area (Å²) < 4.78 is 29.1. The van der Waals surface area contributed by atoms with Crippen LogP contribution >= 0.6 is 12.4 Å². The van der Waals surface area contributed by atoms with Crippen molar-refractivity contribution >= 4 is 28.3 Å². The van der Waals surface area contributed by atoms with Crippen molar-refractivity contribution in [2.75, 3.05) is 6.54 Å². The van der Waals surface area contributed by atoms with Crippen LogP contribution in [0.25, 0.3) is 0 Å². The molecule has 0 spiro atoms. The molecular weight excluding hydrogens is 390 g/mol. The summed E-state index contributed by atoms with van der Waals surface area (Å²) in [7, 11) is -3.66. The Morgan fingerprint density at radius 3 is 3.00 bits per heavy atom. The number of amides is 1. The molecule has 146 valence electrons. The van der Waals surface area contributed by atoms with Crippen LogP contribution < -0.4 is 15.4 Å². The molecule has 1 aromatic carbocycles. The van der Waals surface area contributed by atoms with Crippen molar-refractivity contribution in [1.29, 1.82) is 0 Å². The topological polar surface area (TPSA) is 105 Å². The maximum Gasteiger partial charge on any atom is 0.241 e. The molecule has 1 unspecified atom stereocenters. The fourth-order valence-corrected chi connectivity index (χ4v) is 4.85. The van der Waals surface area contributed by atoms with Gasteiger partial charge >= 0.3 is 0 Å². The van der Waals surface area contributed by atoms with Crippen molar-refractivity contribution in [2.24, 2.45) is 0 Å². The van der Waals surface area contributed by atoms with Gasteiger partial charge < -0.3 is 10.6 Å². The van der Waals surface area contributed by atoms with E-state index in [0.29, 0.717) is 12.0 Å². The first-order valence-corrected chi connectivity index (χ1v) is 10.2. The minimum absolute atomic E-state index is 0. The molecule has 27 heavy (non-hydrogen) atoms. The average Bonchev–Trinajstić information content (AvgIpc) is 2.88. The number of carbonyl (C=O) groups excluding carboxylic acids is 1. The molecular formula is C17H22ClN5O3S. The second-order valence-electron chi connectivity index (χ2n) is 6.58. The molecule has 2 aliphatic heterocycles. The van der Waals surface area contributed by atoms with Crippen molar-refractivity contribution in [1.82, 2.24) is 25.1 Å². The molecule has 0 radical (unpaired) electrons. The Hall–Kier alpha value is -1.94. The van der Waals surface area contributed by atoms with Gasteiger partial charge in [0.1, 0.15) is 6.04 Å². The molecule has 3 N–H and O–H groups in total. The summed E-state index contributed by atoms with van der Waals surface area (Å²) in [6, 6.07) is 7.92. The summed E-state index contributed by atoms with van der Waals surface area (Å²) in [6.45, 7) is 2.87. The van der Waals surface area contributed by atoms with E-state index in [0.717, 1.165) is 37.4 Å². The van der Waals surface area contributed by atoms with Crippen molar-refractivity contribution in [3.8, 4) is 0 Å². The molecule has 0 aliphatic carbocycles. The van der Waals surface area contributed by atoms with E-state index in [1.54, 1.807) is 24.3 Å². The van der Waals surface area contributed by atoms with Gasteiger partial charge in [0, 0.05) is 13.1 Å². The Labute approximate surface area is 164 Å². The summed E-state index contributed by atoms with van der Waals surface area (Å²) in [5.41, 5.74) is 2.53. The van der Waals surface area contributed by atoms with E-state index >= 15 is 0 Å². The third kappa shape index (κ3) is 4.16. The highest BCUT2D eigenvalue weighted by Crippen LogP contribution is 2.22. The van der Waals surface area contributed by atoms with Crippen LogP contribution in [0.15, 0.2) is 35.2 Å². The predicted octanol–water partition coefficient (Wildman–Crippen LogP) is 0.318. The summed E-state index contributed by atoms with van der Waals surface area (Å²) in [6.07, 6.45) is 1.36. The molecule has 2 aromatic rings. The van der Waals surface area contributed by atoms with E-state index in [4.69, 9.17) is 0 Å². The van der Waals surface area contributed by atoms with E-state index in [2.05, 4.69) is 20.5 Å². The molecule has 8 nitrogen and oxygen atoms in total. The highest BCUT2D eigenvalue weighted by molar-refractivity contribution is 7.89. The number of hydrogen-bond donors (Lipinski definition) is 3. The third-order valence-corrected chi connectivity index (χ3v) is 6.26. The van der Waals surface area contributed by atoms with Crippen LogP contribution in [0.2, 0.25) is 0 Å². The Morgan fingerprint density at radius 2 is 2.15 bits per heavy atom. The van der Waals surface area contributed by atoms with Crippen LogP contribution in [0.4, 0.5) is 0 Å². The molecule has 0 saturated heterocycles. The van der Waals surface area contributed by atoms with E-state index in [9.17, 15) is 13.2 Å². The zero-order valence-electron chi connectivity index (χ0n) is 14.6. The molecule has 1 aromatic heterocycles.